The highest BCUT2D eigenvalue weighted by atomic mass is 19.3. The van der Waals surface area contributed by atoms with Crippen LogP contribution in [0.15, 0.2) is 64.7 Å². The van der Waals surface area contributed by atoms with E-state index in [0.29, 0.717) is 17.5 Å². The minimum absolute atomic E-state index is 0.0212. The molecule has 1 saturated carbocycles. The van der Waals surface area contributed by atoms with Crippen molar-refractivity contribution in [3.05, 3.63) is 59.7 Å². The topological polar surface area (TPSA) is 44.7 Å². The molecule has 1 fully saturated rings. The van der Waals surface area contributed by atoms with E-state index in [1.807, 2.05) is 19.2 Å². The maximum atomic E-state index is 12.6. The second-order valence-corrected chi connectivity index (χ2v) is 7.58. The summed E-state index contributed by atoms with van der Waals surface area (Å²) in [5, 5.41) is 2.68. The number of hydrogen-bond donors (Lipinski definition) is 1. The number of rotatable bonds is 9. The van der Waals surface area contributed by atoms with Gasteiger partial charge in [0.1, 0.15) is 0 Å². The fourth-order valence-corrected chi connectivity index (χ4v) is 2.89. The number of carbonyl (C=O) groups excluding carboxylic acids is 1. The Balaban J connectivity index is 0.000000311. The fraction of sp³-hybridized carbons (Fsp3) is 0.500. The number of nitrogens with one attached hydrogen (secondary N) is 1. The predicted octanol–water partition coefficient (Wildman–Crippen LogP) is 5.98. The van der Waals surface area contributed by atoms with Gasteiger partial charge in [0, 0.05) is 48.0 Å². The van der Waals surface area contributed by atoms with E-state index in [2.05, 4.69) is 37.7 Å². The van der Waals surface area contributed by atoms with E-state index < -0.39 is 6.43 Å². The zero-order valence-corrected chi connectivity index (χ0v) is 18.8. The molecule has 30 heavy (non-hydrogen) atoms. The molecule has 1 amide bonds. The zero-order valence-electron chi connectivity index (χ0n) is 18.8. The molecule has 0 unspecified atom stereocenters. The molecule has 1 heterocycles. The van der Waals surface area contributed by atoms with Crippen LogP contribution in [0.5, 0.6) is 0 Å². The van der Waals surface area contributed by atoms with Crippen LogP contribution in [0.2, 0.25) is 0 Å². The number of allylic oxidation sites excluding steroid dienone is 6. The molecule has 4 nitrogen and oxygen atoms in total. The van der Waals surface area contributed by atoms with Gasteiger partial charge in [-0.1, -0.05) is 39.8 Å². The van der Waals surface area contributed by atoms with Crippen molar-refractivity contribution in [2.45, 2.75) is 59.8 Å². The standard InChI is InChI=1S/C14H19F2N.C10H16N2O/c1-5-12(10(2)3)8-17-9-13(14(15)16)7-6-11(17)4;1-3-9(12-7-13)6-10(11-2)8-4-5-8/h6-10,14H,4-5H2,1-3H3;6-8H,3-5H2,1-2H3,(H,12,13)/b12-8+;9-6+,11-10?. The van der Waals surface area contributed by atoms with E-state index in [1.165, 1.54) is 30.7 Å². The van der Waals surface area contributed by atoms with Crippen LogP contribution >= 0.6 is 0 Å². The second-order valence-electron chi connectivity index (χ2n) is 7.58. The number of nitrogens with zero attached hydrogens (tertiary/aromatic N) is 2. The first kappa shape index (κ1) is 25.5. The largest absolute Gasteiger partial charge is 0.332 e. The van der Waals surface area contributed by atoms with E-state index in [9.17, 15) is 13.6 Å². The van der Waals surface area contributed by atoms with Crippen molar-refractivity contribution in [1.29, 1.82) is 0 Å². The number of hydrogen-bond acceptors (Lipinski definition) is 3. The minimum atomic E-state index is -2.45. The quantitative estimate of drug-likeness (QED) is 0.369. The van der Waals surface area contributed by atoms with Gasteiger partial charge in [0.05, 0.1) is 0 Å². The Morgan fingerprint density at radius 2 is 1.97 bits per heavy atom. The van der Waals surface area contributed by atoms with Gasteiger partial charge in [-0.2, -0.15) is 0 Å². The van der Waals surface area contributed by atoms with E-state index in [4.69, 9.17) is 0 Å². The maximum absolute atomic E-state index is 12.6. The molecule has 2 aliphatic rings. The summed E-state index contributed by atoms with van der Waals surface area (Å²) in [6.45, 7) is 12.1. The Morgan fingerprint density at radius 1 is 1.30 bits per heavy atom. The SMILES string of the molecule is C=C1C=CC(C(F)F)=CN1/C=C(\CC)C(C)C.CC/C(=C\C(=NC)C1CC1)NC=O. The van der Waals surface area contributed by atoms with E-state index in [0.717, 1.165) is 30.7 Å². The van der Waals surface area contributed by atoms with Gasteiger partial charge in [0.15, 0.2) is 0 Å². The number of aliphatic imine (C=N–C) groups is 1. The lowest BCUT2D eigenvalue weighted by Gasteiger charge is -2.23. The molecule has 0 aromatic heterocycles. The molecule has 166 valence electrons. The second kappa shape index (κ2) is 12.9. The van der Waals surface area contributed by atoms with E-state index in [-0.39, 0.29) is 5.57 Å². The first-order chi connectivity index (χ1) is 14.3. The lowest BCUT2D eigenvalue weighted by atomic mass is 10.0. The molecule has 1 aliphatic heterocycles. The van der Waals surface area contributed by atoms with E-state index in [1.54, 1.807) is 18.0 Å². The van der Waals surface area contributed by atoms with Crippen molar-refractivity contribution in [2.24, 2.45) is 16.8 Å². The highest BCUT2D eigenvalue weighted by Gasteiger charge is 2.25. The lowest BCUT2D eigenvalue weighted by Crippen LogP contribution is -2.15. The van der Waals surface area contributed by atoms with Crippen molar-refractivity contribution >= 4 is 12.1 Å². The van der Waals surface area contributed by atoms with Gasteiger partial charge in [-0.3, -0.25) is 9.79 Å². The summed E-state index contributed by atoms with van der Waals surface area (Å²) in [6, 6.07) is 0. The fourth-order valence-electron chi connectivity index (χ4n) is 2.89. The Hall–Kier alpha value is -2.50. The number of halogens is 2. The van der Waals surface area contributed by atoms with Gasteiger partial charge < -0.3 is 10.2 Å². The lowest BCUT2D eigenvalue weighted by molar-refractivity contribution is -0.108. The third-order valence-electron chi connectivity index (χ3n) is 5.00. The molecule has 2 rings (SSSR count). The van der Waals surface area contributed by atoms with Gasteiger partial charge in [0.2, 0.25) is 6.41 Å². The normalized spacial score (nSPS) is 17.8. The molecule has 0 atom stereocenters. The van der Waals surface area contributed by atoms with Crippen LogP contribution in [0.3, 0.4) is 0 Å². The van der Waals surface area contributed by atoms with Crippen LogP contribution in [0.1, 0.15) is 53.4 Å². The summed E-state index contributed by atoms with van der Waals surface area (Å²) in [5.74, 6) is 1.04. The highest BCUT2D eigenvalue weighted by Crippen LogP contribution is 2.31. The zero-order chi connectivity index (χ0) is 22.7. The van der Waals surface area contributed by atoms with Crippen LogP contribution < -0.4 is 5.32 Å². The van der Waals surface area contributed by atoms with Crippen molar-refractivity contribution < 1.29 is 13.6 Å². The van der Waals surface area contributed by atoms with Gasteiger partial charge in [-0.05, 0) is 49.8 Å². The van der Waals surface area contributed by atoms with Crippen molar-refractivity contribution in [1.82, 2.24) is 10.2 Å². The van der Waals surface area contributed by atoms with Crippen LogP contribution in [-0.2, 0) is 4.79 Å². The van der Waals surface area contributed by atoms with Crippen molar-refractivity contribution in [3.8, 4) is 0 Å². The summed E-state index contributed by atoms with van der Waals surface area (Å²) in [7, 11) is 1.80. The maximum Gasteiger partial charge on any atom is 0.265 e. The third kappa shape index (κ3) is 8.47. The Labute approximate surface area is 179 Å². The minimum Gasteiger partial charge on any atom is -0.332 e. The number of amides is 1. The Kier molecular flexibility index (Phi) is 11.0. The molecular formula is C24H35F2N3O. The average Bonchev–Trinajstić information content (AvgIpc) is 3.55. The number of carbonyl (C=O) groups is 1. The molecule has 0 saturated heterocycles. The predicted molar refractivity (Wildman–Crippen MR) is 121 cm³/mol. The van der Waals surface area contributed by atoms with Crippen molar-refractivity contribution in [3.63, 3.8) is 0 Å². The molecule has 1 aliphatic carbocycles. The van der Waals surface area contributed by atoms with Gasteiger partial charge >= 0.3 is 0 Å². The molecule has 0 bridgehead atoms. The molecule has 6 heteroatoms. The Morgan fingerprint density at radius 3 is 2.40 bits per heavy atom. The highest BCUT2D eigenvalue weighted by molar-refractivity contribution is 5.99. The molecule has 0 spiro atoms. The molecule has 1 N–H and O–H groups in total. The molecule has 0 aromatic rings. The first-order valence-electron chi connectivity index (χ1n) is 10.5. The third-order valence-corrected chi connectivity index (χ3v) is 5.00. The molecule has 0 aromatic carbocycles. The van der Waals surface area contributed by atoms with Crippen LogP contribution in [-0.4, -0.2) is 30.5 Å². The first-order valence-corrected chi connectivity index (χ1v) is 10.5. The molecule has 0 radical (unpaired) electrons. The average molecular weight is 420 g/mol. The monoisotopic (exact) mass is 419 g/mol. The van der Waals surface area contributed by atoms with Crippen molar-refractivity contribution in [2.75, 3.05) is 7.05 Å². The summed E-state index contributed by atoms with van der Waals surface area (Å²) in [4.78, 5) is 16.1. The van der Waals surface area contributed by atoms with Gasteiger partial charge in [0.25, 0.3) is 6.43 Å². The summed E-state index contributed by atoms with van der Waals surface area (Å²) in [6.07, 6.45) is 10.9. The van der Waals surface area contributed by atoms with E-state index >= 15 is 0 Å². The van der Waals surface area contributed by atoms with Crippen LogP contribution in [0.4, 0.5) is 8.78 Å². The summed E-state index contributed by atoms with van der Waals surface area (Å²) < 4.78 is 25.2. The summed E-state index contributed by atoms with van der Waals surface area (Å²) >= 11 is 0. The number of alkyl halides is 2. The van der Waals surface area contributed by atoms with Gasteiger partial charge in [-0.25, -0.2) is 8.78 Å². The van der Waals surface area contributed by atoms with Crippen LogP contribution in [0.25, 0.3) is 0 Å². The molecular weight excluding hydrogens is 384 g/mol. The van der Waals surface area contributed by atoms with Gasteiger partial charge in [-0.15, -0.1) is 0 Å². The van der Waals surface area contributed by atoms with Crippen LogP contribution in [0, 0.1) is 11.8 Å². The Bertz CT molecular complexity index is 742. The smallest absolute Gasteiger partial charge is 0.265 e. The summed E-state index contributed by atoms with van der Waals surface area (Å²) in [5.41, 5.74) is 4.01.